The summed E-state index contributed by atoms with van der Waals surface area (Å²) in [6, 6.07) is 7.75. The number of para-hydroxylation sites is 1. The van der Waals surface area contributed by atoms with E-state index in [1.165, 1.54) is 4.90 Å². The SMILES string of the molecule is CC(C)c1ccccc1OC[C@H](O)CN1C(=O)CC2(CCCCC2)C1=O. The van der Waals surface area contributed by atoms with Crippen molar-refractivity contribution in [2.24, 2.45) is 5.41 Å². The number of aliphatic hydroxyl groups is 1. The van der Waals surface area contributed by atoms with Crippen LogP contribution in [0.1, 0.15) is 63.9 Å². The summed E-state index contributed by atoms with van der Waals surface area (Å²) in [5.74, 6) is 0.808. The Morgan fingerprint density at radius 2 is 1.85 bits per heavy atom. The Labute approximate surface area is 155 Å². The lowest BCUT2D eigenvalue weighted by atomic mass is 9.73. The van der Waals surface area contributed by atoms with Crippen molar-refractivity contribution in [1.82, 2.24) is 4.90 Å². The molecule has 1 aromatic carbocycles. The van der Waals surface area contributed by atoms with Gasteiger partial charge in [-0.3, -0.25) is 14.5 Å². The maximum Gasteiger partial charge on any atom is 0.235 e. The summed E-state index contributed by atoms with van der Waals surface area (Å²) in [5.41, 5.74) is 0.578. The minimum Gasteiger partial charge on any atom is -0.491 e. The van der Waals surface area contributed by atoms with Crippen LogP contribution in [0.25, 0.3) is 0 Å². The van der Waals surface area contributed by atoms with Crippen molar-refractivity contribution in [2.45, 2.75) is 64.4 Å². The van der Waals surface area contributed by atoms with Gasteiger partial charge in [0.05, 0.1) is 12.0 Å². The Hall–Kier alpha value is -1.88. The third-order valence-electron chi connectivity index (χ3n) is 5.67. The molecule has 1 atom stereocenters. The van der Waals surface area contributed by atoms with Gasteiger partial charge >= 0.3 is 0 Å². The van der Waals surface area contributed by atoms with Gasteiger partial charge < -0.3 is 9.84 Å². The highest BCUT2D eigenvalue weighted by Gasteiger charge is 2.51. The van der Waals surface area contributed by atoms with Gasteiger partial charge in [0.25, 0.3) is 0 Å². The van der Waals surface area contributed by atoms with Crippen molar-refractivity contribution >= 4 is 11.8 Å². The van der Waals surface area contributed by atoms with E-state index in [4.69, 9.17) is 4.74 Å². The van der Waals surface area contributed by atoms with Crippen molar-refractivity contribution < 1.29 is 19.4 Å². The second-order valence-corrected chi connectivity index (χ2v) is 7.98. The van der Waals surface area contributed by atoms with Crippen LogP contribution in [-0.4, -0.2) is 41.1 Å². The standard InChI is InChI=1S/C21H29NO4/c1-15(2)17-8-4-5-9-18(17)26-14-16(23)13-22-19(24)12-21(20(22)25)10-6-3-7-11-21/h4-5,8-9,15-16,23H,3,6-7,10-14H2,1-2H3/t16-/m1/s1. The predicted octanol–water partition coefficient (Wildman–Crippen LogP) is 3.26. The zero-order chi connectivity index (χ0) is 18.7. The topological polar surface area (TPSA) is 66.8 Å². The van der Waals surface area contributed by atoms with Gasteiger partial charge in [-0.2, -0.15) is 0 Å². The van der Waals surface area contributed by atoms with Crippen LogP contribution in [0.4, 0.5) is 0 Å². The highest BCUT2D eigenvalue weighted by atomic mass is 16.5. The molecular weight excluding hydrogens is 330 g/mol. The largest absolute Gasteiger partial charge is 0.491 e. The summed E-state index contributed by atoms with van der Waals surface area (Å²) in [7, 11) is 0. The molecule has 0 aromatic heterocycles. The Morgan fingerprint density at radius 1 is 1.15 bits per heavy atom. The van der Waals surface area contributed by atoms with E-state index in [9.17, 15) is 14.7 Å². The van der Waals surface area contributed by atoms with Gasteiger partial charge in [0, 0.05) is 6.42 Å². The van der Waals surface area contributed by atoms with Crippen LogP contribution in [0, 0.1) is 5.41 Å². The zero-order valence-electron chi connectivity index (χ0n) is 15.7. The van der Waals surface area contributed by atoms with Crippen LogP contribution in [0.5, 0.6) is 5.75 Å². The number of imide groups is 1. The fourth-order valence-electron chi connectivity index (χ4n) is 4.20. The number of amides is 2. The number of ether oxygens (including phenoxy) is 1. The lowest BCUT2D eigenvalue weighted by Crippen LogP contribution is -2.42. The molecule has 5 heteroatoms. The number of hydrogen-bond acceptors (Lipinski definition) is 4. The molecule has 2 fully saturated rings. The lowest BCUT2D eigenvalue weighted by Gasteiger charge is -2.30. The average molecular weight is 359 g/mol. The number of rotatable bonds is 6. The van der Waals surface area contributed by atoms with Gasteiger partial charge in [0.15, 0.2) is 0 Å². The molecule has 5 nitrogen and oxygen atoms in total. The molecule has 142 valence electrons. The van der Waals surface area contributed by atoms with Crippen LogP contribution in [0.2, 0.25) is 0 Å². The summed E-state index contributed by atoms with van der Waals surface area (Å²) in [4.78, 5) is 26.4. The summed E-state index contributed by atoms with van der Waals surface area (Å²) >= 11 is 0. The monoisotopic (exact) mass is 359 g/mol. The first kappa shape index (κ1) is 18.9. The summed E-state index contributed by atoms with van der Waals surface area (Å²) < 4.78 is 5.78. The third kappa shape index (κ3) is 3.78. The number of nitrogens with zero attached hydrogens (tertiary/aromatic N) is 1. The predicted molar refractivity (Wildman–Crippen MR) is 98.9 cm³/mol. The molecule has 1 spiro atoms. The van der Waals surface area contributed by atoms with E-state index in [1.54, 1.807) is 0 Å². The van der Waals surface area contributed by atoms with Gasteiger partial charge in [-0.1, -0.05) is 51.3 Å². The number of carbonyl (C=O) groups is 2. The van der Waals surface area contributed by atoms with Crippen LogP contribution >= 0.6 is 0 Å². The summed E-state index contributed by atoms with van der Waals surface area (Å²) in [5, 5.41) is 10.4. The number of β-amino-alcohol motifs (C(OH)–C–C–N with tert-alkyl or cyclic N) is 1. The molecule has 0 radical (unpaired) electrons. The van der Waals surface area contributed by atoms with Crippen molar-refractivity contribution in [3.63, 3.8) is 0 Å². The molecule has 1 aliphatic heterocycles. The number of carbonyl (C=O) groups excluding carboxylic acids is 2. The first-order valence-corrected chi connectivity index (χ1v) is 9.67. The van der Waals surface area contributed by atoms with Gasteiger partial charge in [0.2, 0.25) is 11.8 Å². The maximum absolute atomic E-state index is 12.8. The smallest absolute Gasteiger partial charge is 0.235 e. The molecule has 1 heterocycles. The van der Waals surface area contributed by atoms with Gasteiger partial charge in [-0.25, -0.2) is 0 Å². The second kappa shape index (κ2) is 7.78. The molecule has 1 aromatic rings. The highest BCUT2D eigenvalue weighted by Crippen LogP contribution is 2.45. The Balaban J connectivity index is 1.59. The van der Waals surface area contributed by atoms with Crippen LogP contribution in [0.3, 0.4) is 0 Å². The Morgan fingerprint density at radius 3 is 2.54 bits per heavy atom. The normalized spacial score (nSPS) is 20.8. The van der Waals surface area contributed by atoms with Gasteiger partial charge in [-0.15, -0.1) is 0 Å². The molecule has 0 bridgehead atoms. The highest BCUT2D eigenvalue weighted by molar-refractivity contribution is 6.06. The molecule has 0 unspecified atom stereocenters. The van der Waals surface area contributed by atoms with E-state index < -0.39 is 11.5 Å². The molecule has 2 amide bonds. The van der Waals surface area contributed by atoms with Crippen LogP contribution in [-0.2, 0) is 9.59 Å². The molecule has 1 saturated carbocycles. The van der Waals surface area contributed by atoms with Crippen LogP contribution in [0.15, 0.2) is 24.3 Å². The van der Waals surface area contributed by atoms with Crippen molar-refractivity contribution in [2.75, 3.05) is 13.2 Å². The maximum atomic E-state index is 12.8. The van der Waals surface area contributed by atoms with Gasteiger partial charge in [-0.05, 0) is 30.4 Å². The summed E-state index contributed by atoms with van der Waals surface area (Å²) in [6.45, 7) is 4.25. The molecule has 26 heavy (non-hydrogen) atoms. The first-order chi connectivity index (χ1) is 12.4. The summed E-state index contributed by atoms with van der Waals surface area (Å²) in [6.07, 6.45) is 4.15. The van der Waals surface area contributed by atoms with E-state index in [0.29, 0.717) is 12.3 Å². The molecule has 2 aliphatic rings. The van der Waals surface area contributed by atoms with E-state index in [2.05, 4.69) is 13.8 Å². The van der Waals surface area contributed by atoms with Gasteiger partial charge in [0.1, 0.15) is 18.5 Å². The average Bonchev–Trinajstić information content (AvgIpc) is 2.85. The molecule has 1 N–H and O–H groups in total. The quantitative estimate of drug-likeness (QED) is 0.792. The van der Waals surface area contributed by atoms with Crippen LogP contribution < -0.4 is 4.74 Å². The minimum absolute atomic E-state index is 0.0171. The van der Waals surface area contributed by atoms with Crippen molar-refractivity contribution in [3.8, 4) is 5.75 Å². The Bertz CT molecular complexity index is 664. The first-order valence-electron chi connectivity index (χ1n) is 9.67. The van der Waals surface area contributed by atoms with E-state index in [1.807, 2.05) is 24.3 Å². The Kier molecular flexibility index (Phi) is 5.66. The number of likely N-dealkylation sites (tertiary alicyclic amines) is 1. The number of aliphatic hydroxyl groups excluding tert-OH is 1. The minimum atomic E-state index is -0.887. The fourth-order valence-corrected chi connectivity index (χ4v) is 4.20. The zero-order valence-corrected chi connectivity index (χ0v) is 15.7. The fraction of sp³-hybridized carbons (Fsp3) is 0.619. The molecule has 3 rings (SSSR count). The lowest BCUT2D eigenvalue weighted by molar-refractivity contribution is -0.144. The van der Waals surface area contributed by atoms with E-state index in [0.717, 1.165) is 43.4 Å². The third-order valence-corrected chi connectivity index (χ3v) is 5.67. The van der Waals surface area contributed by atoms with E-state index >= 15 is 0 Å². The molecule has 1 aliphatic carbocycles. The molecular formula is C21H29NO4. The van der Waals surface area contributed by atoms with Crippen molar-refractivity contribution in [3.05, 3.63) is 29.8 Å². The van der Waals surface area contributed by atoms with Crippen molar-refractivity contribution in [1.29, 1.82) is 0 Å². The number of hydrogen-bond donors (Lipinski definition) is 1. The number of benzene rings is 1. The molecule has 1 saturated heterocycles. The second-order valence-electron chi connectivity index (χ2n) is 7.98. The van der Waals surface area contributed by atoms with E-state index in [-0.39, 0.29) is 25.0 Å².